The molecule has 1 unspecified atom stereocenters. The molecule has 5 heteroatoms. The Morgan fingerprint density at radius 1 is 1.62 bits per heavy atom. The van der Waals surface area contributed by atoms with Crippen LogP contribution in [-0.2, 0) is 4.74 Å². The summed E-state index contributed by atoms with van der Waals surface area (Å²) in [5, 5.41) is 0. The minimum atomic E-state index is -0.391. The maximum Gasteiger partial charge on any atom is 0.164 e. The van der Waals surface area contributed by atoms with Gasteiger partial charge in [0.1, 0.15) is 5.82 Å². The number of benzene rings is 1. The van der Waals surface area contributed by atoms with E-state index in [2.05, 4.69) is 15.9 Å². The van der Waals surface area contributed by atoms with Crippen molar-refractivity contribution in [3.05, 3.63) is 34.1 Å². The summed E-state index contributed by atoms with van der Waals surface area (Å²) in [7, 11) is 1.53. The van der Waals surface area contributed by atoms with Crippen LogP contribution in [0.3, 0.4) is 0 Å². The van der Waals surface area contributed by atoms with Crippen LogP contribution in [0.5, 0.6) is 0 Å². The summed E-state index contributed by atoms with van der Waals surface area (Å²) in [6.07, 6.45) is 0.186. The van der Waals surface area contributed by atoms with Crippen molar-refractivity contribution in [1.82, 2.24) is 0 Å². The Hall–Kier alpha value is -0.780. The van der Waals surface area contributed by atoms with Gasteiger partial charge < -0.3 is 10.5 Å². The second-order valence-corrected chi connectivity index (χ2v) is 4.33. The van der Waals surface area contributed by atoms with Gasteiger partial charge in [-0.3, -0.25) is 4.79 Å². The molecule has 0 saturated heterocycles. The first-order valence-electron chi connectivity index (χ1n) is 4.77. The Morgan fingerprint density at radius 2 is 2.31 bits per heavy atom. The molecule has 0 saturated carbocycles. The molecule has 1 atom stereocenters. The fourth-order valence-corrected chi connectivity index (χ4v) is 1.68. The number of halogens is 2. The van der Waals surface area contributed by atoms with E-state index >= 15 is 0 Å². The van der Waals surface area contributed by atoms with Gasteiger partial charge in [-0.05, 0) is 34.1 Å². The minimum absolute atomic E-state index is 0.120. The molecular weight excluding hydrogens is 277 g/mol. The summed E-state index contributed by atoms with van der Waals surface area (Å²) in [5.41, 5.74) is 6.10. The van der Waals surface area contributed by atoms with E-state index in [4.69, 9.17) is 10.5 Å². The number of ketones is 1. The SMILES string of the molecule is COCC(N)CC(=O)c1ccc(F)c(Br)c1. The van der Waals surface area contributed by atoms with Gasteiger partial charge in [-0.25, -0.2) is 4.39 Å². The van der Waals surface area contributed by atoms with Gasteiger partial charge in [-0.2, -0.15) is 0 Å². The summed E-state index contributed by atoms with van der Waals surface area (Å²) >= 11 is 3.03. The number of nitrogens with two attached hydrogens (primary N) is 1. The quantitative estimate of drug-likeness (QED) is 0.845. The van der Waals surface area contributed by atoms with Crippen LogP contribution in [0.15, 0.2) is 22.7 Å². The Morgan fingerprint density at radius 3 is 2.88 bits per heavy atom. The summed E-state index contributed by atoms with van der Waals surface area (Å²) in [6.45, 7) is 0.327. The zero-order valence-electron chi connectivity index (χ0n) is 8.87. The molecule has 0 radical (unpaired) electrons. The smallest absolute Gasteiger partial charge is 0.164 e. The standard InChI is InChI=1S/C11H13BrFNO2/c1-16-6-8(14)5-11(15)7-2-3-10(13)9(12)4-7/h2-4,8H,5-6,14H2,1H3. The van der Waals surface area contributed by atoms with E-state index in [0.29, 0.717) is 12.2 Å². The predicted molar refractivity (Wildman–Crippen MR) is 62.9 cm³/mol. The molecule has 0 aliphatic rings. The molecule has 0 aliphatic carbocycles. The van der Waals surface area contributed by atoms with Crippen LogP contribution in [0.4, 0.5) is 4.39 Å². The molecule has 1 aromatic rings. The lowest BCUT2D eigenvalue weighted by Crippen LogP contribution is -2.28. The molecule has 0 aromatic heterocycles. The lowest BCUT2D eigenvalue weighted by molar-refractivity contribution is 0.0949. The molecule has 3 nitrogen and oxygen atoms in total. The average molecular weight is 290 g/mol. The summed E-state index contributed by atoms with van der Waals surface area (Å²) in [5.74, 6) is -0.511. The van der Waals surface area contributed by atoms with Crippen molar-refractivity contribution in [2.24, 2.45) is 5.73 Å². The average Bonchev–Trinajstić information content (AvgIpc) is 2.22. The number of hydrogen-bond acceptors (Lipinski definition) is 3. The summed E-state index contributed by atoms with van der Waals surface area (Å²) in [6, 6.07) is 3.82. The molecular formula is C11H13BrFNO2. The van der Waals surface area contributed by atoms with Gasteiger partial charge >= 0.3 is 0 Å². The van der Waals surface area contributed by atoms with Gasteiger partial charge in [-0.1, -0.05) is 0 Å². The Labute approximate surface area is 102 Å². The van der Waals surface area contributed by atoms with Gasteiger partial charge in [0.25, 0.3) is 0 Å². The maximum atomic E-state index is 12.9. The molecule has 0 spiro atoms. The zero-order chi connectivity index (χ0) is 12.1. The van der Waals surface area contributed by atoms with E-state index in [1.807, 2.05) is 0 Å². The normalized spacial score (nSPS) is 12.5. The van der Waals surface area contributed by atoms with Crippen molar-refractivity contribution in [2.75, 3.05) is 13.7 Å². The fraction of sp³-hybridized carbons (Fsp3) is 0.364. The number of hydrogen-bond donors (Lipinski definition) is 1. The number of Topliss-reactive ketones (excluding diaryl/α,β-unsaturated/α-hetero) is 1. The van der Waals surface area contributed by atoms with Crippen LogP contribution in [0.25, 0.3) is 0 Å². The largest absolute Gasteiger partial charge is 0.383 e. The first-order valence-corrected chi connectivity index (χ1v) is 5.56. The van der Waals surface area contributed by atoms with Crippen LogP contribution < -0.4 is 5.73 Å². The molecule has 0 aliphatic heterocycles. The van der Waals surface area contributed by atoms with Crippen LogP contribution in [-0.4, -0.2) is 25.5 Å². The Kier molecular flexibility index (Phi) is 5.05. The number of methoxy groups -OCH3 is 1. The van der Waals surface area contributed by atoms with E-state index in [1.165, 1.54) is 25.3 Å². The molecule has 0 fully saturated rings. The van der Waals surface area contributed by atoms with E-state index in [0.717, 1.165) is 0 Å². The van der Waals surface area contributed by atoms with E-state index in [1.54, 1.807) is 0 Å². The summed E-state index contributed by atoms with van der Waals surface area (Å²) in [4.78, 5) is 11.7. The molecule has 0 bridgehead atoms. The maximum absolute atomic E-state index is 12.9. The second kappa shape index (κ2) is 6.08. The Bertz CT molecular complexity index is 384. The number of carbonyl (C=O) groups excluding carboxylic acids is 1. The van der Waals surface area contributed by atoms with Gasteiger partial charge in [-0.15, -0.1) is 0 Å². The minimum Gasteiger partial charge on any atom is -0.383 e. The van der Waals surface area contributed by atoms with E-state index in [9.17, 15) is 9.18 Å². The molecule has 0 amide bonds. The highest BCUT2D eigenvalue weighted by Crippen LogP contribution is 2.18. The van der Waals surface area contributed by atoms with Crippen LogP contribution in [0.2, 0.25) is 0 Å². The van der Waals surface area contributed by atoms with E-state index in [-0.39, 0.29) is 22.7 Å². The number of ether oxygens (including phenoxy) is 1. The number of rotatable bonds is 5. The van der Waals surface area contributed by atoms with Crippen LogP contribution >= 0.6 is 15.9 Å². The first-order chi connectivity index (χ1) is 7.54. The Balaban J connectivity index is 2.69. The monoisotopic (exact) mass is 289 g/mol. The van der Waals surface area contributed by atoms with Crippen molar-refractivity contribution in [2.45, 2.75) is 12.5 Å². The third-order valence-corrected chi connectivity index (χ3v) is 2.68. The van der Waals surface area contributed by atoms with Gasteiger partial charge in [0, 0.05) is 25.1 Å². The lowest BCUT2D eigenvalue weighted by Gasteiger charge is -2.09. The van der Waals surface area contributed by atoms with E-state index < -0.39 is 5.82 Å². The van der Waals surface area contributed by atoms with Crippen LogP contribution in [0.1, 0.15) is 16.8 Å². The highest BCUT2D eigenvalue weighted by Gasteiger charge is 2.12. The van der Waals surface area contributed by atoms with Gasteiger partial charge in [0.15, 0.2) is 5.78 Å². The third kappa shape index (κ3) is 3.66. The third-order valence-electron chi connectivity index (χ3n) is 2.07. The molecule has 2 N–H and O–H groups in total. The molecule has 16 heavy (non-hydrogen) atoms. The van der Waals surface area contributed by atoms with Crippen molar-refractivity contribution in [3.63, 3.8) is 0 Å². The highest BCUT2D eigenvalue weighted by atomic mass is 79.9. The molecule has 88 valence electrons. The topological polar surface area (TPSA) is 52.3 Å². The fourth-order valence-electron chi connectivity index (χ4n) is 1.30. The second-order valence-electron chi connectivity index (χ2n) is 3.47. The van der Waals surface area contributed by atoms with Gasteiger partial charge in [0.2, 0.25) is 0 Å². The molecule has 1 rings (SSSR count). The molecule has 0 heterocycles. The number of carbonyl (C=O) groups is 1. The first kappa shape index (κ1) is 13.3. The zero-order valence-corrected chi connectivity index (χ0v) is 10.5. The van der Waals surface area contributed by atoms with Crippen molar-refractivity contribution in [1.29, 1.82) is 0 Å². The van der Waals surface area contributed by atoms with Gasteiger partial charge in [0.05, 0.1) is 11.1 Å². The van der Waals surface area contributed by atoms with Crippen molar-refractivity contribution in [3.8, 4) is 0 Å². The summed E-state index contributed by atoms with van der Waals surface area (Å²) < 4.78 is 18.1. The van der Waals surface area contributed by atoms with Crippen molar-refractivity contribution >= 4 is 21.7 Å². The lowest BCUT2D eigenvalue weighted by atomic mass is 10.0. The molecule has 1 aromatic carbocycles. The van der Waals surface area contributed by atoms with Crippen molar-refractivity contribution < 1.29 is 13.9 Å². The highest BCUT2D eigenvalue weighted by molar-refractivity contribution is 9.10. The predicted octanol–water partition coefficient (Wildman–Crippen LogP) is 2.13. The van der Waals surface area contributed by atoms with Crippen LogP contribution in [0, 0.1) is 5.82 Å².